The smallest absolute Gasteiger partial charge is 0.287 e. The van der Waals surface area contributed by atoms with E-state index in [0.29, 0.717) is 35.1 Å². The maximum absolute atomic E-state index is 12.5. The molecule has 0 aliphatic rings. The summed E-state index contributed by atoms with van der Waals surface area (Å²) in [6.45, 7) is 2.70. The summed E-state index contributed by atoms with van der Waals surface area (Å²) >= 11 is 0. The van der Waals surface area contributed by atoms with Gasteiger partial charge >= 0.3 is 0 Å². The molecule has 2 N–H and O–H groups in total. The number of H-pyrrole nitrogens is 1. The van der Waals surface area contributed by atoms with E-state index in [1.807, 2.05) is 18.2 Å². The topological polar surface area (TPSA) is 94.2 Å². The predicted molar refractivity (Wildman–Crippen MR) is 115 cm³/mol. The van der Waals surface area contributed by atoms with Crippen LogP contribution in [0.15, 0.2) is 41.5 Å². The molecule has 8 nitrogen and oxygen atoms in total. The van der Waals surface area contributed by atoms with Gasteiger partial charge in [-0.1, -0.05) is 6.92 Å². The molecule has 1 amide bonds. The number of amides is 1. The Morgan fingerprint density at radius 2 is 1.80 bits per heavy atom. The standard InChI is InChI=1S/C22H25N3O5/c1-5-8-30-16-6-7-17-15(11-16)12-18(24-17)22(26)25-23-13-14-9-19(27-2)21(29-4)20(10-14)28-3/h6-7,9-13,24H,5,8H2,1-4H3,(H,25,26)/b23-13+. The molecule has 0 aliphatic heterocycles. The summed E-state index contributed by atoms with van der Waals surface area (Å²) in [5.74, 6) is 1.91. The van der Waals surface area contributed by atoms with Crippen LogP contribution in [0.4, 0.5) is 0 Å². The number of carbonyl (C=O) groups is 1. The van der Waals surface area contributed by atoms with Crippen molar-refractivity contribution in [3.05, 3.63) is 47.7 Å². The maximum Gasteiger partial charge on any atom is 0.287 e. The molecule has 0 radical (unpaired) electrons. The summed E-state index contributed by atoms with van der Waals surface area (Å²) in [7, 11) is 4.61. The van der Waals surface area contributed by atoms with Crippen molar-refractivity contribution in [1.82, 2.24) is 10.4 Å². The highest BCUT2D eigenvalue weighted by molar-refractivity contribution is 5.98. The van der Waals surface area contributed by atoms with Crippen molar-refractivity contribution in [1.29, 1.82) is 0 Å². The third-order valence-electron chi connectivity index (χ3n) is 4.38. The van der Waals surface area contributed by atoms with Crippen LogP contribution >= 0.6 is 0 Å². The minimum atomic E-state index is -0.356. The number of nitrogens with one attached hydrogen (secondary N) is 2. The molecule has 30 heavy (non-hydrogen) atoms. The zero-order chi connectivity index (χ0) is 21.5. The van der Waals surface area contributed by atoms with Crippen molar-refractivity contribution < 1.29 is 23.7 Å². The molecule has 8 heteroatoms. The molecule has 1 heterocycles. The molecule has 0 spiro atoms. The maximum atomic E-state index is 12.5. The lowest BCUT2D eigenvalue weighted by Gasteiger charge is -2.12. The first-order valence-corrected chi connectivity index (χ1v) is 9.48. The first-order chi connectivity index (χ1) is 14.6. The average molecular weight is 411 g/mol. The number of nitrogens with zero attached hydrogens (tertiary/aromatic N) is 1. The van der Waals surface area contributed by atoms with Crippen molar-refractivity contribution in [2.45, 2.75) is 13.3 Å². The largest absolute Gasteiger partial charge is 0.494 e. The summed E-state index contributed by atoms with van der Waals surface area (Å²) in [6, 6.07) is 10.9. The van der Waals surface area contributed by atoms with Gasteiger partial charge in [-0.25, -0.2) is 5.43 Å². The van der Waals surface area contributed by atoms with Gasteiger partial charge in [0.05, 0.1) is 34.2 Å². The fourth-order valence-electron chi connectivity index (χ4n) is 2.94. The van der Waals surface area contributed by atoms with Crippen molar-refractivity contribution in [2.75, 3.05) is 27.9 Å². The number of aromatic amines is 1. The van der Waals surface area contributed by atoms with Crippen molar-refractivity contribution >= 4 is 23.0 Å². The Morgan fingerprint density at radius 1 is 1.07 bits per heavy atom. The van der Waals surface area contributed by atoms with Gasteiger partial charge in [-0.05, 0) is 42.8 Å². The molecular formula is C22H25N3O5. The molecule has 0 bridgehead atoms. The number of hydrogen-bond donors (Lipinski definition) is 2. The van der Waals surface area contributed by atoms with Gasteiger partial charge in [-0.2, -0.15) is 5.10 Å². The van der Waals surface area contributed by atoms with Crippen LogP contribution < -0.4 is 24.4 Å². The predicted octanol–water partition coefficient (Wildman–Crippen LogP) is 3.75. The van der Waals surface area contributed by atoms with Gasteiger partial charge in [0.15, 0.2) is 11.5 Å². The third-order valence-corrected chi connectivity index (χ3v) is 4.38. The fraction of sp³-hybridized carbons (Fsp3) is 0.273. The van der Waals surface area contributed by atoms with E-state index >= 15 is 0 Å². The number of fused-ring (bicyclic) bond motifs is 1. The Labute approximate surface area is 174 Å². The molecular weight excluding hydrogens is 386 g/mol. The van der Waals surface area contributed by atoms with Crippen LogP contribution in [0.5, 0.6) is 23.0 Å². The molecule has 2 aromatic carbocycles. The Bertz CT molecular complexity index is 1030. The minimum absolute atomic E-state index is 0.356. The molecule has 1 aromatic heterocycles. The van der Waals surface area contributed by atoms with Gasteiger partial charge in [0, 0.05) is 16.5 Å². The zero-order valence-electron chi connectivity index (χ0n) is 17.4. The second-order valence-corrected chi connectivity index (χ2v) is 6.44. The third kappa shape index (κ3) is 4.65. The number of rotatable bonds is 9. The molecule has 0 unspecified atom stereocenters. The van der Waals surface area contributed by atoms with Gasteiger partial charge in [-0.3, -0.25) is 4.79 Å². The SMILES string of the molecule is CCCOc1ccc2[nH]c(C(=O)N/N=C/c3cc(OC)c(OC)c(OC)c3)cc2c1. The van der Waals surface area contributed by atoms with E-state index in [1.54, 1.807) is 18.2 Å². The first-order valence-electron chi connectivity index (χ1n) is 9.48. The molecule has 158 valence electrons. The van der Waals surface area contributed by atoms with E-state index in [2.05, 4.69) is 22.4 Å². The van der Waals surface area contributed by atoms with Crippen molar-refractivity contribution in [3.63, 3.8) is 0 Å². The molecule has 3 rings (SSSR count). The van der Waals surface area contributed by atoms with E-state index < -0.39 is 0 Å². The Kier molecular flexibility index (Phi) is 6.79. The van der Waals surface area contributed by atoms with Gasteiger partial charge in [0.1, 0.15) is 11.4 Å². The average Bonchev–Trinajstić information content (AvgIpc) is 3.20. The summed E-state index contributed by atoms with van der Waals surface area (Å²) in [5, 5.41) is 4.92. The highest BCUT2D eigenvalue weighted by Gasteiger charge is 2.13. The molecule has 3 aromatic rings. The van der Waals surface area contributed by atoms with Gasteiger partial charge in [0.2, 0.25) is 5.75 Å². The minimum Gasteiger partial charge on any atom is -0.494 e. The van der Waals surface area contributed by atoms with Crippen LogP contribution in [-0.2, 0) is 0 Å². The second kappa shape index (κ2) is 9.69. The van der Waals surface area contributed by atoms with Crippen LogP contribution in [0.25, 0.3) is 10.9 Å². The Hall–Kier alpha value is -3.68. The molecule has 0 saturated heterocycles. The number of hydrazone groups is 1. The summed E-state index contributed by atoms with van der Waals surface area (Å²) in [4.78, 5) is 15.5. The summed E-state index contributed by atoms with van der Waals surface area (Å²) in [5.41, 5.74) is 4.44. The number of carbonyl (C=O) groups excluding carboxylic acids is 1. The van der Waals surface area contributed by atoms with Crippen LogP contribution in [0.2, 0.25) is 0 Å². The quantitative estimate of drug-likeness (QED) is 0.413. The van der Waals surface area contributed by atoms with E-state index in [4.69, 9.17) is 18.9 Å². The van der Waals surface area contributed by atoms with Gasteiger partial charge in [0.25, 0.3) is 5.91 Å². The van der Waals surface area contributed by atoms with Crippen LogP contribution in [0.3, 0.4) is 0 Å². The normalized spacial score (nSPS) is 10.9. The lowest BCUT2D eigenvalue weighted by Crippen LogP contribution is -2.17. The lowest BCUT2D eigenvalue weighted by molar-refractivity contribution is 0.0951. The Morgan fingerprint density at radius 3 is 2.43 bits per heavy atom. The number of ether oxygens (including phenoxy) is 4. The van der Waals surface area contributed by atoms with Gasteiger partial charge < -0.3 is 23.9 Å². The number of methoxy groups -OCH3 is 3. The van der Waals surface area contributed by atoms with Crippen LogP contribution in [-0.4, -0.2) is 45.0 Å². The van der Waals surface area contributed by atoms with E-state index in [0.717, 1.165) is 23.1 Å². The van der Waals surface area contributed by atoms with E-state index in [-0.39, 0.29) is 5.91 Å². The highest BCUT2D eigenvalue weighted by Crippen LogP contribution is 2.37. The van der Waals surface area contributed by atoms with Crippen LogP contribution in [0, 0.1) is 0 Å². The Balaban J connectivity index is 1.73. The number of hydrogen-bond acceptors (Lipinski definition) is 6. The molecule has 0 aliphatic carbocycles. The molecule has 0 fully saturated rings. The second-order valence-electron chi connectivity index (χ2n) is 6.44. The zero-order valence-corrected chi connectivity index (χ0v) is 17.4. The molecule has 0 atom stereocenters. The first kappa shape index (κ1) is 21.0. The van der Waals surface area contributed by atoms with Crippen molar-refractivity contribution in [3.8, 4) is 23.0 Å². The lowest BCUT2D eigenvalue weighted by atomic mass is 10.2. The van der Waals surface area contributed by atoms with E-state index in [9.17, 15) is 4.79 Å². The van der Waals surface area contributed by atoms with Crippen molar-refractivity contribution in [2.24, 2.45) is 5.10 Å². The molecule has 0 saturated carbocycles. The highest BCUT2D eigenvalue weighted by atomic mass is 16.5. The van der Waals surface area contributed by atoms with E-state index in [1.165, 1.54) is 27.5 Å². The summed E-state index contributed by atoms with van der Waals surface area (Å²) < 4.78 is 21.6. The number of benzene rings is 2. The summed E-state index contributed by atoms with van der Waals surface area (Å²) in [6.07, 6.45) is 2.44. The van der Waals surface area contributed by atoms with Gasteiger partial charge in [-0.15, -0.1) is 0 Å². The number of aromatic nitrogens is 1. The fourth-order valence-corrected chi connectivity index (χ4v) is 2.94. The monoisotopic (exact) mass is 411 g/mol. The van der Waals surface area contributed by atoms with Crippen LogP contribution in [0.1, 0.15) is 29.4 Å².